The van der Waals surface area contributed by atoms with Crippen molar-refractivity contribution in [1.82, 2.24) is 14.8 Å². The van der Waals surface area contributed by atoms with E-state index in [9.17, 15) is 18.7 Å². The van der Waals surface area contributed by atoms with Crippen LogP contribution in [0.3, 0.4) is 0 Å². The number of aromatic carboxylic acids is 1. The number of unbranched alkanes of at least 4 members (excludes halogenated alkanes) is 1. The highest BCUT2D eigenvalue weighted by atomic mass is 19.3. The number of halogens is 2. The first-order valence-electron chi connectivity index (χ1n) is 10.6. The first kappa shape index (κ1) is 22.6. The lowest BCUT2D eigenvalue weighted by molar-refractivity contribution is -0.0245. The maximum Gasteiger partial charge on any atom is 0.336 e. The van der Waals surface area contributed by atoms with Crippen molar-refractivity contribution in [2.45, 2.75) is 58.4 Å². The Hall–Kier alpha value is -3.09. The minimum Gasteiger partial charge on any atom is -0.478 e. The van der Waals surface area contributed by atoms with Crippen LogP contribution in [0.15, 0.2) is 48.5 Å². The topological polar surface area (TPSA) is 68.0 Å². The normalized spacial score (nSPS) is 11.6. The summed E-state index contributed by atoms with van der Waals surface area (Å²) in [6.07, 6.45) is 2.04. The van der Waals surface area contributed by atoms with E-state index < -0.39 is 17.7 Å². The zero-order valence-electron chi connectivity index (χ0n) is 17.8. The highest BCUT2D eigenvalue weighted by Crippen LogP contribution is 2.32. The summed E-state index contributed by atoms with van der Waals surface area (Å²) < 4.78 is 30.5. The molecule has 3 aromatic rings. The molecule has 164 valence electrons. The molecule has 0 fully saturated rings. The SMILES string of the molecule is CCCCC(F)(F)c1nc(CCC)n(Cc2ccc(-c3ccccc3)c(C(=O)O)c2)n1. The molecule has 0 unspecified atom stereocenters. The van der Waals surface area contributed by atoms with Crippen molar-refractivity contribution in [3.8, 4) is 11.1 Å². The highest BCUT2D eigenvalue weighted by molar-refractivity contribution is 5.96. The lowest BCUT2D eigenvalue weighted by Crippen LogP contribution is -2.16. The van der Waals surface area contributed by atoms with Crippen LogP contribution in [0.25, 0.3) is 11.1 Å². The largest absolute Gasteiger partial charge is 0.478 e. The van der Waals surface area contributed by atoms with Gasteiger partial charge in [-0.3, -0.25) is 0 Å². The van der Waals surface area contributed by atoms with Crippen LogP contribution in [0, 0.1) is 0 Å². The van der Waals surface area contributed by atoms with Crippen LogP contribution < -0.4 is 0 Å². The summed E-state index contributed by atoms with van der Waals surface area (Å²) in [5, 5.41) is 13.8. The third-order valence-corrected chi connectivity index (χ3v) is 5.12. The fourth-order valence-corrected chi connectivity index (χ4v) is 3.48. The summed E-state index contributed by atoms with van der Waals surface area (Å²) in [6.45, 7) is 4.00. The van der Waals surface area contributed by atoms with Crippen LogP contribution in [-0.2, 0) is 18.9 Å². The summed E-state index contributed by atoms with van der Waals surface area (Å²) in [6, 6.07) is 14.4. The quantitative estimate of drug-likeness (QED) is 0.436. The maximum atomic E-state index is 14.5. The van der Waals surface area contributed by atoms with Crippen molar-refractivity contribution in [3.05, 3.63) is 71.3 Å². The van der Waals surface area contributed by atoms with Gasteiger partial charge in [0.2, 0.25) is 5.82 Å². The van der Waals surface area contributed by atoms with Crippen LogP contribution in [0.5, 0.6) is 0 Å². The van der Waals surface area contributed by atoms with Gasteiger partial charge in [-0.2, -0.15) is 8.78 Å². The molecule has 0 atom stereocenters. The summed E-state index contributed by atoms with van der Waals surface area (Å²) in [4.78, 5) is 16.0. The molecule has 2 aromatic carbocycles. The Balaban J connectivity index is 1.94. The number of carbonyl (C=O) groups is 1. The van der Waals surface area contributed by atoms with Gasteiger partial charge < -0.3 is 5.11 Å². The second-order valence-corrected chi connectivity index (χ2v) is 7.62. The minimum absolute atomic E-state index is 0.161. The second kappa shape index (κ2) is 9.81. The van der Waals surface area contributed by atoms with E-state index in [2.05, 4.69) is 10.1 Å². The Morgan fingerprint density at radius 1 is 1.10 bits per heavy atom. The molecule has 0 amide bonds. The average molecular weight is 427 g/mol. The van der Waals surface area contributed by atoms with Gasteiger partial charge in [-0.15, -0.1) is 5.10 Å². The number of hydrogen-bond acceptors (Lipinski definition) is 3. The van der Waals surface area contributed by atoms with E-state index >= 15 is 0 Å². The molecule has 1 aromatic heterocycles. The third kappa shape index (κ3) is 5.34. The smallest absolute Gasteiger partial charge is 0.336 e. The molecule has 0 aliphatic rings. The van der Waals surface area contributed by atoms with Gasteiger partial charge in [0.15, 0.2) is 0 Å². The summed E-state index contributed by atoms with van der Waals surface area (Å²) >= 11 is 0. The predicted molar refractivity (Wildman–Crippen MR) is 115 cm³/mol. The van der Waals surface area contributed by atoms with Gasteiger partial charge in [0.05, 0.1) is 12.1 Å². The molecule has 1 heterocycles. The monoisotopic (exact) mass is 427 g/mol. The molecule has 5 nitrogen and oxygen atoms in total. The fraction of sp³-hybridized carbons (Fsp3) is 0.375. The standard InChI is InChI=1S/C24H27F2N3O2/c1-3-5-14-24(25,26)23-27-21(9-4-2)29(28-23)16-17-12-13-19(20(15-17)22(30)31)18-10-7-6-8-11-18/h6-8,10-13,15H,3-5,9,14,16H2,1-2H3,(H,30,31). The number of alkyl halides is 2. The first-order chi connectivity index (χ1) is 14.9. The summed E-state index contributed by atoms with van der Waals surface area (Å²) in [5.74, 6) is -4.09. The highest BCUT2D eigenvalue weighted by Gasteiger charge is 2.36. The van der Waals surface area contributed by atoms with E-state index in [0.29, 0.717) is 36.2 Å². The Kier molecular flexibility index (Phi) is 7.15. The van der Waals surface area contributed by atoms with Gasteiger partial charge in [0.25, 0.3) is 0 Å². The number of carboxylic acids is 1. The molecule has 31 heavy (non-hydrogen) atoms. The summed E-state index contributed by atoms with van der Waals surface area (Å²) in [7, 11) is 0. The number of carboxylic acid groups (broad SMARTS) is 1. The minimum atomic E-state index is -3.08. The van der Waals surface area contributed by atoms with E-state index in [-0.39, 0.29) is 18.5 Å². The second-order valence-electron chi connectivity index (χ2n) is 7.62. The van der Waals surface area contributed by atoms with E-state index in [4.69, 9.17) is 0 Å². The van der Waals surface area contributed by atoms with Gasteiger partial charge in [-0.1, -0.05) is 62.7 Å². The van der Waals surface area contributed by atoms with Crippen molar-refractivity contribution in [2.24, 2.45) is 0 Å². The van der Waals surface area contributed by atoms with E-state index in [0.717, 1.165) is 12.0 Å². The Bertz CT molecular complexity index is 1030. The maximum absolute atomic E-state index is 14.5. The Morgan fingerprint density at radius 2 is 1.84 bits per heavy atom. The molecule has 1 N–H and O–H groups in total. The van der Waals surface area contributed by atoms with Crippen molar-refractivity contribution in [2.75, 3.05) is 0 Å². The fourth-order valence-electron chi connectivity index (χ4n) is 3.48. The molecule has 0 aliphatic carbocycles. The average Bonchev–Trinajstić information content (AvgIpc) is 3.16. The van der Waals surface area contributed by atoms with E-state index in [1.165, 1.54) is 4.68 Å². The number of aryl methyl sites for hydroxylation is 1. The van der Waals surface area contributed by atoms with Gasteiger partial charge >= 0.3 is 11.9 Å². The van der Waals surface area contributed by atoms with E-state index in [1.807, 2.05) is 44.2 Å². The lowest BCUT2D eigenvalue weighted by Gasteiger charge is -2.12. The van der Waals surface area contributed by atoms with Gasteiger partial charge in [0.1, 0.15) is 5.82 Å². The molecule has 3 rings (SSSR count). The lowest BCUT2D eigenvalue weighted by atomic mass is 9.97. The Morgan fingerprint density at radius 3 is 2.48 bits per heavy atom. The molecule has 0 bridgehead atoms. The van der Waals surface area contributed by atoms with E-state index in [1.54, 1.807) is 18.2 Å². The van der Waals surface area contributed by atoms with Crippen LogP contribution in [0.2, 0.25) is 0 Å². The summed E-state index contributed by atoms with van der Waals surface area (Å²) in [5.41, 5.74) is 2.24. The molecule has 0 aliphatic heterocycles. The van der Waals surface area contributed by atoms with Crippen LogP contribution in [0.1, 0.15) is 67.1 Å². The molecule has 0 saturated carbocycles. The third-order valence-electron chi connectivity index (χ3n) is 5.12. The molecule has 0 saturated heterocycles. The van der Waals surface area contributed by atoms with Gasteiger partial charge in [0, 0.05) is 12.8 Å². The molecule has 0 spiro atoms. The van der Waals surface area contributed by atoms with Crippen LogP contribution >= 0.6 is 0 Å². The van der Waals surface area contributed by atoms with Crippen LogP contribution in [-0.4, -0.2) is 25.8 Å². The number of nitrogens with zero attached hydrogens (tertiary/aromatic N) is 3. The molecule has 7 heteroatoms. The van der Waals surface area contributed by atoms with Crippen LogP contribution in [0.4, 0.5) is 8.78 Å². The molecule has 0 radical (unpaired) electrons. The number of aromatic nitrogens is 3. The van der Waals surface area contributed by atoms with Crippen molar-refractivity contribution in [1.29, 1.82) is 0 Å². The molecular formula is C24H27F2N3O2. The predicted octanol–water partition coefficient (Wildman–Crippen LogP) is 5.93. The number of benzene rings is 2. The Labute approximate surface area is 180 Å². The number of hydrogen-bond donors (Lipinski definition) is 1. The number of rotatable bonds is 10. The zero-order chi connectivity index (χ0) is 22.4. The van der Waals surface area contributed by atoms with Crippen molar-refractivity contribution >= 4 is 5.97 Å². The first-order valence-corrected chi connectivity index (χ1v) is 10.6. The van der Waals surface area contributed by atoms with Gasteiger partial charge in [-0.25, -0.2) is 14.5 Å². The van der Waals surface area contributed by atoms with Gasteiger partial charge in [-0.05, 0) is 35.6 Å². The van der Waals surface area contributed by atoms with Crippen molar-refractivity contribution in [3.63, 3.8) is 0 Å². The zero-order valence-corrected chi connectivity index (χ0v) is 17.8. The van der Waals surface area contributed by atoms with Crippen molar-refractivity contribution < 1.29 is 18.7 Å². The molecular weight excluding hydrogens is 400 g/mol.